The monoisotopic (exact) mass is 379 g/mol. The van der Waals surface area contributed by atoms with E-state index in [1.165, 1.54) is 0 Å². The molecule has 1 saturated heterocycles. The van der Waals surface area contributed by atoms with E-state index in [9.17, 15) is 4.79 Å². The summed E-state index contributed by atoms with van der Waals surface area (Å²) in [5, 5.41) is 8.31. The number of carbonyl (C=O) groups is 1. The predicted octanol–water partition coefficient (Wildman–Crippen LogP) is 3.21. The molecule has 0 bridgehead atoms. The number of carbonyl (C=O) groups excluding carboxylic acids is 1. The molecule has 1 atom stereocenters. The maximum atomic E-state index is 13.2. The summed E-state index contributed by atoms with van der Waals surface area (Å²) in [6.07, 6.45) is 5.94. The van der Waals surface area contributed by atoms with Crippen molar-refractivity contribution in [2.45, 2.75) is 32.2 Å². The fourth-order valence-corrected chi connectivity index (χ4v) is 3.38. The van der Waals surface area contributed by atoms with Crippen molar-refractivity contribution in [1.29, 1.82) is 0 Å². The number of piperidine rings is 1. The van der Waals surface area contributed by atoms with Gasteiger partial charge in [0.15, 0.2) is 0 Å². The van der Waals surface area contributed by atoms with Crippen molar-refractivity contribution in [3.05, 3.63) is 53.8 Å². The van der Waals surface area contributed by atoms with E-state index in [4.69, 9.17) is 9.15 Å². The molecule has 1 amide bonds. The Morgan fingerprint density at radius 3 is 2.82 bits per heavy atom. The van der Waals surface area contributed by atoms with E-state index < -0.39 is 0 Å². The lowest BCUT2D eigenvalue weighted by molar-refractivity contribution is 0.0569. The third kappa shape index (κ3) is 3.45. The molecule has 0 N–H and O–H groups in total. The number of para-hydroxylation sites is 1. The van der Waals surface area contributed by atoms with E-state index in [-0.39, 0.29) is 11.9 Å². The second kappa shape index (κ2) is 7.75. The maximum Gasteiger partial charge on any atom is 0.267 e. The van der Waals surface area contributed by atoms with Crippen molar-refractivity contribution < 1.29 is 13.9 Å². The Hall–Kier alpha value is -3.29. The van der Waals surface area contributed by atoms with Crippen LogP contribution < -0.4 is 4.74 Å². The van der Waals surface area contributed by atoms with Gasteiger partial charge in [-0.25, -0.2) is 4.98 Å². The first-order valence-electron chi connectivity index (χ1n) is 9.24. The Morgan fingerprint density at radius 2 is 2.04 bits per heavy atom. The van der Waals surface area contributed by atoms with E-state index in [2.05, 4.69) is 20.2 Å². The smallest absolute Gasteiger partial charge is 0.267 e. The average molecular weight is 379 g/mol. The number of methoxy groups -OCH3 is 1. The van der Waals surface area contributed by atoms with E-state index in [0.29, 0.717) is 35.3 Å². The van der Waals surface area contributed by atoms with Crippen molar-refractivity contribution in [3.63, 3.8) is 0 Å². The topological polar surface area (TPSA) is 94.2 Å². The van der Waals surface area contributed by atoms with Crippen LogP contribution in [0.25, 0.3) is 11.6 Å². The normalized spacial score (nSPS) is 16.8. The first kappa shape index (κ1) is 18.1. The lowest BCUT2D eigenvalue weighted by Crippen LogP contribution is -2.38. The molecule has 1 aromatic carbocycles. The van der Waals surface area contributed by atoms with Crippen LogP contribution in [0.5, 0.6) is 5.75 Å². The highest BCUT2D eigenvalue weighted by molar-refractivity contribution is 5.97. The van der Waals surface area contributed by atoms with Gasteiger partial charge in [0.25, 0.3) is 11.8 Å². The standard InChI is InChI=1S/C20H21N5O3/c1-13-11-22-15(12-21-13)18-23-24-19(28-18)16-8-5-6-10-25(16)20(26)14-7-3-4-9-17(14)27-2/h3-4,7,9,11-12,16H,5-6,8,10H2,1-2H3/t16-/m0/s1. The van der Waals surface area contributed by atoms with Crippen molar-refractivity contribution in [1.82, 2.24) is 25.1 Å². The molecule has 8 nitrogen and oxygen atoms in total. The number of amides is 1. The zero-order valence-corrected chi connectivity index (χ0v) is 15.8. The molecule has 28 heavy (non-hydrogen) atoms. The van der Waals surface area contributed by atoms with Gasteiger partial charge in [0.1, 0.15) is 17.5 Å². The molecule has 0 spiro atoms. The minimum absolute atomic E-state index is 0.1000. The van der Waals surface area contributed by atoms with Gasteiger partial charge in [-0.1, -0.05) is 12.1 Å². The van der Waals surface area contributed by atoms with Crippen LogP contribution >= 0.6 is 0 Å². The lowest BCUT2D eigenvalue weighted by atomic mass is 10.0. The number of nitrogens with zero attached hydrogens (tertiary/aromatic N) is 5. The molecule has 1 aliphatic rings. The van der Waals surface area contributed by atoms with Crippen LogP contribution in [0, 0.1) is 6.92 Å². The van der Waals surface area contributed by atoms with E-state index in [0.717, 1.165) is 25.0 Å². The summed E-state index contributed by atoms with van der Waals surface area (Å²) in [6, 6.07) is 6.96. The number of hydrogen-bond acceptors (Lipinski definition) is 7. The quantitative estimate of drug-likeness (QED) is 0.687. The van der Waals surface area contributed by atoms with Crippen LogP contribution in [0.2, 0.25) is 0 Å². The number of aromatic nitrogens is 4. The number of benzene rings is 1. The Kier molecular flexibility index (Phi) is 5.01. The molecule has 1 aliphatic heterocycles. The molecule has 4 rings (SSSR count). The second-order valence-corrected chi connectivity index (χ2v) is 6.70. The molecule has 1 fully saturated rings. The highest BCUT2D eigenvalue weighted by Crippen LogP contribution is 2.33. The van der Waals surface area contributed by atoms with Crippen LogP contribution in [-0.2, 0) is 0 Å². The number of aryl methyl sites for hydroxylation is 1. The summed E-state index contributed by atoms with van der Waals surface area (Å²) >= 11 is 0. The van der Waals surface area contributed by atoms with Gasteiger partial charge in [0.2, 0.25) is 5.89 Å². The predicted molar refractivity (Wildman–Crippen MR) is 101 cm³/mol. The third-order valence-electron chi connectivity index (χ3n) is 4.83. The molecule has 0 radical (unpaired) electrons. The van der Waals surface area contributed by atoms with Gasteiger partial charge in [-0.2, -0.15) is 0 Å². The fraction of sp³-hybridized carbons (Fsp3) is 0.350. The second-order valence-electron chi connectivity index (χ2n) is 6.70. The minimum Gasteiger partial charge on any atom is -0.496 e. The highest BCUT2D eigenvalue weighted by Gasteiger charge is 2.33. The van der Waals surface area contributed by atoms with Gasteiger partial charge in [-0.15, -0.1) is 10.2 Å². The Labute approximate surface area is 162 Å². The molecule has 8 heteroatoms. The van der Waals surface area contributed by atoms with Crippen LogP contribution in [-0.4, -0.2) is 44.6 Å². The summed E-state index contributed by atoms with van der Waals surface area (Å²) in [4.78, 5) is 23.5. The van der Waals surface area contributed by atoms with Crippen LogP contribution in [0.15, 0.2) is 41.1 Å². The molecule has 2 aromatic heterocycles. The number of ether oxygens (including phenoxy) is 1. The number of rotatable bonds is 4. The summed E-state index contributed by atoms with van der Waals surface area (Å²) in [6.45, 7) is 2.49. The first-order valence-corrected chi connectivity index (χ1v) is 9.24. The summed E-state index contributed by atoms with van der Waals surface area (Å²) in [7, 11) is 1.56. The van der Waals surface area contributed by atoms with Gasteiger partial charge in [-0.3, -0.25) is 9.78 Å². The zero-order valence-electron chi connectivity index (χ0n) is 15.8. The number of hydrogen-bond donors (Lipinski definition) is 0. The zero-order chi connectivity index (χ0) is 19.5. The molecule has 144 valence electrons. The van der Waals surface area contributed by atoms with Gasteiger partial charge < -0.3 is 14.1 Å². The van der Waals surface area contributed by atoms with Gasteiger partial charge in [0.05, 0.1) is 24.6 Å². The van der Waals surface area contributed by atoms with Crippen molar-refractivity contribution in [2.75, 3.05) is 13.7 Å². The SMILES string of the molecule is COc1ccccc1C(=O)N1CCCC[C@H]1c1nnc(-c2cnc(C)cn2)o1. The van der Waals surface area contributed by atoms with E-state index >= 15 is 0 Å². The molecule has 0 saturated carbocycles. The Balaban J connectivity index is 1.62. The van der Waals surface area contributed by atoms with Gasteiger partial charge in [-0.05, 0) is 38.3 Å². The molecule has 0 aliphatic carbocycles. The molecule has 3 heterocycles. The van der Waals surface area contributed by atoms with Crippen LogP contribution in [0.3, 0.4) is 0 Å². The lowest BCUT2D eigenvalue weighted by Gasteiger charge is -2.33. The molecular weight excluding hydrogens is 358 g/mol. The van der Waals surface area contributed by atoms with Crippen molar-refractivity contribution in [2.24, 2.45) is 0 Å². The van der Waals surface area contributed by atoms with Gasteiger partial charge in [0, 0.05) is 12.7 Å². The summed E-state index contributed by atoms with van der Waals surface area (Å²) < 4.78 is 11.2. The third-order valence-corrected chi connectivity index (χ3v) is 4.83. The average Bonchev–Trinajstić information content (AvgIpc) is 3.24. The molecular formula is C20H21N5O3. The fourth-order valence-electron chi connectivity index (χ4n) is 3.38. The van der Waals surface area contributed by atoms with Crippen LogP contribution in [0.4, 0.5) is 0 Å². The number of likely N-dealkylation sites (tertiary alicyclic amines) is 1. The van der Waals surface area contributed by atoms with E-state index in [1.54, 1.807) is 36.5 Å². The minimum atomic E-state index is -0.272. The van der Waals surface area contributed by atoms with Gasteiger partial charge >= 0.3 is 0 Å². The van der Waals surface area contributed by atoms with Crippen molar-refractivity contribution in [3.8, 4) is 17.3 Å². The van der Waals surface area contributed by atoms with Crippen LogP contribution in [0.1, 0.15) is 47.2 Å². The van der Waals surface area contributed by atoms with Crippen molar-refractivity contribution >= 4 is 5.91 Å². The van der Waals surface area contributed by atoms with E-state index in [1.807, 2.05) is 19.1 Å². The maximum absolute atomic E-state index is 13.2. The molecule has 0 unspecified atom stereocenters. The largest absolute Gasteiger partial charge is 0.496 e. The summed E-state index contributed by atoms with van der Waals surface area (Å²) in [5.74, 6) is 1.17. The Morgan fingerprint density at radius 1 is 1.18 bits per heavy atom. The Bertz CT molecular complexity index is 970. The molecule has 3 aromatic rings. The summed E-state index contributed by atoms with van der Waals surface area (Å²) in [5.41, 5.74) is 1.85. The first-order chi connectivity index (χ1) is 13.7. The highest BCUT2D eigenvalue weighted by atomic mass is 16.5.